The van der Waals surface area contributed by atoms with E-state index in [1.54, 1.807) is 18.4 Å². The van der Waals surface area contributed by atoms with Crippen LogP contribution in [0.25, 0.3) is 11.1 Å². The standard InChI is InChI=1S/C22H29N3O3S/c1-23(2)29(26,27)25-13-18-12-24(15-21(25)17-28-16-18)14-20-10-6-7-11-22(20)19-8-4-3-5-9-19/h3-11,18,21H,12-17H2,1-2H3/t18-,21-/m0/s1. The van der Waals surface area contributed by atoms with Crippen LogP contribution in [0.3, 0.4) is 0 Å². The number of hydrogen-bond acceptors (Lipinski definition) is 4. The summed E-state index contributed by atoms with van der Waals surface area (Å²) in [5.41, 5.74) is 3.70. The normalized spacial score (nSPS) is 23.8. The van der Waals surface area contributed by atoms with Crippen LogP contribution in [0.15, 0.2) is 54.6 Å². The Hall–Kier alpha value is -1.77. The van der Waals surface area contributed by atoms with Crippen LogP contribution >= 0.6 is 0 Å². The lowest BCUT2D eigenvalue weighted by Crippen LogP contribution is -2.50. The number of benzene rings is 2. The van der Waals surface area contributed by atoms with Gasteiger partial charge in [0.2, 0.25) is 0 Å². The highest BCUT2D eigenvalue weighted by atomic mass is 32.2. The van der Waals surface area contributed by atoms with E-state index in [1.807, 2.05) is 6.07 Å². The van der Waals surface area contributed by atoms with Crippen LogP contribution in [-0.4, -0.2) is 74.9 Å². The molecule has 29 heavy (non-hydrogen) atoms. The van der Waals surface area contributed by atoms with Crippen molar-refractivity contribution in [2.45, 2.75) is 12.6 Å². The maximum absolute atomic E-state index is 12.9. The third-order valence-electron chi connectivity index (χ3n) is 5.75. The van der Waals surface area contributed by atoms with Gasteiger partial charge in [0, 0.05) is 46.2 Å². The van der Waals surface area contributed by atoms with Crippen molar-refractivity contribution in [1.82, 2.24) is 13.5 Å². The highest BCUT2D eigenvalue weighted by molar-refractivity contribution is 7.86. The zero-order chi connectivity index (χ0) is 20.4. The average molecular weight is 416 g/mol. The molecule has 7 heteroatoms. The summed E-state index contributed by atoms with van der Waals surface area (Å²) >= 11 is 0. The van der Waals surface area contributed by atoms with Crippen LogP contribution in [0, 0.1) is 5.92 Å². The molecular weight excluding hydrogens is 386 g/mol. The Balaban J connectivity index is 1.59. The first kappa shape index (κ1) is 20.5. The van der Waals surface area contributed by atoms with E-state index in [1.165, 1.54) is 21.0 Å². The summed E-state index contributed by atoms with van der Waals surface area (Å²) in [4.78, 5) is 2.39. The molecule has 0 amide bonds. The van der Waals surface area contributed by atoms with Gasteiger partial charge in [0.25, 0.3) is 10.2 Å². The van der Waals surface area contributed by atoms with E-state index in [0.717, 1.165) is 13.1 Å². The first-order valence-electron chi connectivity index (χ1n) is 10.1. The smallest absolute Gasteiger partial charge is 0.281 e. The predicted octanol–water partition coefficient (Wildman–Crippen LogP) is 2.29. The molecule has 0 unspecified atom stereocenters. The fourth-order valence-electron chi connectivity index (χ4n) is 4.32. The van der Waals surface area contributed by atoms with Crippen LogP contribution in [0.5, 0.6) is 0 Å². The quantitative estimate of drug-likeness (QED) is 0.752. The molecule has 0 aromatic heterocycles. The SMILES string of the molecule is CN(C)S(=O)(=O)N1C[C@H]2COC[C@@H]1CN(Cc1ccccc1-c1ccccc1)C2. The summed E-state index contributed by atoms with van der Waals surface area (Å²) in [6.45, 7) is 3.87. The molecular formula is C22H29N3O3S. The van der Waals surface area contributed by atoms with Crippen LogP contribution in [0.2, 0.25) is 0 Å². The Morgan fingerprint density at radius 2 is 1.69 bits per heavy atom. The van der Waals surface area contributed by atoms with Gasteiger partial charge < -0.3 is 4.74 Å². The van der Waals surface area contributed by atoms with Gasteiger partial charge in [-0.25, -0.2) is 0 Å². The van der Waals surface area contributed by atoms with E-state index in [4.69, 9.17) is 4.74 Å². The summed E-state index contributed by atoms with van der Waals surface area (Å²) < 4.78 is 34.5. The first-order chi connectivity index (χ1) is 13.9. The highest BCUT2D eigenvalue weighted by Gasteiger charge is 2.40. The molecule has 2 heterocycles. The van der Waals surface area contributed by atoms with Crippen molar-refractivity contribution < 1.29 is 13.2 Å². The number of rotatable bonds is 5. The van der Waals surface area contributed by atoms with E-state index in [0.29, 0.717) is 26.3 Å². The molecule has 0 radical (unpaired) electrons. The monoisotopic (exact) mass is 415 g/mol. The summed E-state index contributed by atoms with van der Waals surface area (Å²) in [7, 11) is -0.273. The van der Waals surface area contributed by atoms with Gasteiger partial charge >= 0.3 is 0 Å². The second-order valence-corrected chi connectivity index (χ2v) is 10.2. The van der Waals surface area contributed by atoms with Crippen LogP contribution in [0.4, 0.5) is 0 Å². The Morgan fingerprint density at radius 1 is 0.966 bits per heavy atom. The van der Waals surface area contributed by atoms with E-state index >= 15 is 0 Å². The second-order valence-electron chi connectivity index (χ2n) is 8.13. The zero-order valence-corrected chi connectivity index (χ0v) is 17.9. The molecule has 2 aliphatic heterocycles. The van der Waals surface area contributed by atoms with E-state index in [9.17, 15) is 8.42 Å². The second kappa shape index (κ2) is 8.53. The molecule has 0 aliphatic carbocycles. The maximum Gasteiger partial charge on any atom is 0.281 e. The van der Waals surface area contributed by atoms with Crippen molar-refractivity contribution >= 4 is 10.2 Å². The molecule has 2 bridgehead atoms. The van der Waals surface area contributed by atoms with Crippen molar-refractivity contribution in [2.75, 3.05) is 46.9 Å². The molecule has 4 rings (SSSR count). The predicted molar refractivity (Wildman–Crippen MR) is 115 cm³/mol. The maximum atomic E-state index is 12.9. The molecule has 2 aromatic rings. The van der Waals surface area contributed by atoms with E-state index in [-0.39, 0.29) is 12.0 Å². The van der Waals surface area contributed by atoms with Gasteiger partial charge in [-0.2, -0.15) is 17.0 Å². The lowest BCUT2D eigenvalue weighted by Gasteiger charge is -2.32. The minimum absolute atomic E-state index is 0.168. The zero-order valence-electron chi connectivity index (χ0n) is 17.1. The summed E-state index contributed by atoms with van der Waals surface area (Å²) in [5.74, 6) is 0.168. The van der Waals surface area contributed by atoms with Crippen molar-refractivity contribution in [3.63, 3.8) is 0 Å². The number of nitrogens with zero attached hydrogens (tertiary/aromatic N) is 3. The summed E-state index contributed by atoms with van der Waals surface area (Å²) in [6.07, 6.45) is 0. The molecule has 2 atom stereocenters. The number of hydrogen-bond donors (Lipinski definition) is 0. The molecule has 156 valence electrons. The molecule has 2 saturated heterocycles. The third kappa shape index (κ3) is 4.39. The summed E-state index contributed by atoms with van der Waals surface area (Å²) in [6, 6.07) is 18.7. The fourth-order valence-corrected chi connectivity index (χ4v) is 5.64. The largest absolute Gasteiger partial charge is 0.379 e. The van der Waals surface area contributed by atoms with E-state index < -0.39 is 10.2 Å². The molecule has 2 aliphatic rings. The Labute approximate surface area is 173 Å². The van der Waals surface area contributed by atoms with Crippen molar-refractivity contribution in [1.29, 1.82) is 0 Å². The van der Waals surface area contributed by atoms with E-state index in [2.05, 4.69) is 53.4 Å². The lowest BCUT2D eigenvalue weighted by molar-refractivity contribution is 0.0559. The lowest BCUT2D eigenvalue weighted by atomic mass is 9.99. The van der Waals surface area contributed by atoms with Crippen LogP contribution in [-0.2, 0) is 21.5 Å². The molecule has 2 aromatic carbocycles. The molecule has 0 spiro atoms. The first-order valence-corrected chi connectivity index (χ1v) is 11.5. The van der Waals surface area contributed by atoms with Gasteiger partial charge in [-0.05, 0) is 16.7 Å². The average Bonchev–Trinajstić information content (AvgIpc) is 3.00. The van der Waals surface area contributed by atoms with Crippen LogP contribution < -0.4 is 0 Å². The molecule has 6 nitrogen and oxygen atoms in total. The van der Waals surface area contributed by atoms with Gasteiger partial charge in [-0.15, -0.1) is 0 Å². The van der Waals surface area contributed by atoms with Crippen LogP contribution in [0.1, 0.15) is 5.56 Å². The number of ether oxygens (including phenoxy) is 1. The van der Waals surface area contributed by atoms with Gasteiger partial charge in [0.05, 0.1) is 19.3 Å². The summed E-state index contributed by atoms with van der Waals surface area (Å²) in [5, 5.41) is 0. The third-order valence-corrected chi connectivity index (χ3v) is 7.71. The molecule has 2 fully saturated rings. The fraction of sp³-hybridized carbons (Fsp3) is 0.455. The Morgan fingerprint density at radius 3 is 2.45 bits per heavy atom. The van der Waals surface area contributed by atoms with Gasteiger partial charge in [-0.3, -0.25) is 4.90 Å². The Kier molecular flexibility index (Phi) is 6.03. The number of fused-ring (bicyclic) bond motifs is 3. The topological polar surface area (TPSA) is 53.1 Å². The van der Waals surface area contributed by atoms with Crippen molar-refractivity contribution in [3.8, 4) is 11.1 Å². The van der Waals surface area contributed by atoms with Gasteiger partial charge in [0.15, 0.2) is 0 Å². The van der Waals surface area contributed by atoms with Crippen molar-refractivity contribution in [2.24, 2.45) is 5.92 Å². The minimum Gasteiger partial charge on any atom is -0.379 e. The van der Waals surface area contributed by atoms with Crippen molar-refractivity contribution in [3.05, 3.63) is 60.2 Å². The van der Waals surface area contributed by atoms with Gasteiger partial charge in [-0.1, -0.05) is 54.6 Å². The Bertz CT molecular complexity index is 933. The van der Waals surface area contributed by atoms with Gasteiger partial charge in [0.1, 0.15) is 0 Å². The minimum atomic E-state index is -3.46. The highest BCUT2D eigenvalue weighted by Crippen LogP contribution is 2.28. The molecule has 0 saturated carbocycles. The molecule has 0 N–H and O–H groups in total.